The largest absolute Gasteiger partial charge is 0.459 e. The molecule has 1 aliphatic carbocycles. The lowest BCUT2D eigenvalue weighted by atomic mass is 9.84. The van der Waals surface area contributed by atoms with Gasteiger partial charge in [0.15, 0.2) is 0 Å². The van der Waals surface area contributed by atoms with Crippen LogP contribution in [0.5, 0.6) is 0 Å². The molecule has 166 valence electrons. The zero-order valence-electron chi connectivity index (χ0n) is 18.9. The van der Waals surface area contributed by atoms with Gasteiger partial charge in [-0.05, 0) is 55.9 Å². The van der Waals surface area contributed by atoms with Gasteiger partial charge in [0.1, 0.15) is 12.7 Å². The number of hydrogen-bond acceptors (Lipinski definition) is 4. The Labute approximate surface area is 186 Å². The lowest BCUT2D eigenvalue weighted by molar-refractivity contribution is -0.151. The van der Waals surface area contributed by atoms with Crippen LogP contribution in [-0.4, -0.2) is 42.3 Å². The molecule has 1 heterocycles. The smallest absolute Gasteiger partial charge is 0.338 e. The van der Waals surface area contributed by atoms with Crippen LogP contribution in [0.25, 0.3) is 0 Å². The first-order chi connectivity index (χ1) is 15.0. The zero-order valence-corrected chi connectivity index (χ0v) is 18.9. The summed E-state index contributed by atoms with van der Waals surface area (Å²) in [6.45, 7) is 6.96. The Balaban J connectivity index is 1.31. The van der Waals surface area contributed by atoms with Crippen LogP contribution in [0.1, 0.15) is 73.4 Å². The number of esters is 1. The molecule has 4 nitrogen and oxygen atoms in total. The number of hydrogen-bond donors (Lipinski definition) is 0. The zero-order chi connectivity index (χ0) is 21.7. The van der Waals surface area contributed by atoms with Crippen LogP contribution in [0.3, 0.4) is 0 Å². The third kappa shape index (κ3) is 6.18. The van der Waals surface area contributed by atoms with Crippen molar-refractivity contribution in [1.29, 1.82) is 0 Å². The van der Waals surface area contributed by atoms with Crippen molar-refractivity contribution in [2.45, 2.75) is 70.1 Å². The van der Waals surface area contributed by atoms with Crippen molar-refractivity contribution in [2.75, 3.05) is 19.7 Å². The normalized spacial score (nSPS) is 22.2. The van der Waals surface area contributed by atoms with Crippen molar-refractivity contribution in [1.82, 2.24) is 4.90 Å². The molecule has 0 spiro atoms. The number of rotatable bonds is 6. The molecule has 4 heteroatoms. The first-order valence-electron chi connectivity index (χ1n) is 11.7. The number of benzene rings is 2. The number of carbonyl (C=O) groups is 1. The maximum atomic E-state index is 12.6. The van der Waals surface area contributed by atoms with Crippen LogP contribution in [0, 0.1) is 0 Å². The first kappa shape index (κ1) is 22.0. The summed E-state index contributed by atoms with van der Waals surface area (Å²) in [7, 11) is 0. The molecule has 31 heavy (non-hydrogen) atoms. The maximum Gasteiger partial charge on any atom is 0.338 e. The van der Waals surface area contributed by atoms with E-state index in [1.165, 1.54) is 43.2 Å². The molecular weight excluding hydrogens is 386 g/mol. The lowest BCUT2D eigenvalue weighted by Gasteiger charge is -2.42. The Morgan fingerprint density at radius 3 is 2.45 bits per heavy atom. The molecule has 0 N–H and O–H groups in total. The predicted molar refractivity (Wildman–Crippen MR) is 123 cm³/mol. The lowest BCUT2D eigenvalue weighted by Crippen LogP contribution is -2.53. The van der Waals surface area contributed by atoms with Gasteiger partial charge in [-0.3, -0.25) is 4.90 Å². The fraction of sp³-hybridized carbons (Fsp3) is 0.519. The van der Waals surface area contributed by atoms with Crippen molar-refractivity contribution >= 4 is 5.97 Å². The molecule has 1 aliphatic heterocycles. The highest BCUT2D eigenvalue weighted by atomic mass is 16.6. The Morgan fingerprint density at radius 2 is 1.74 bits per heavy atom. The minimum absolute atomic E-state index is 0.127. The van der Waals surface area contributed by atoms with Gasteiger partial charge in [-0.1, -0.05) is 61.7 Å². The average Bonchev–Trinajstić information content (AvgIpc) is 2.78. The van der Waals surface area contributed by atoms with Crippen molar-refractivity contribution in [3.63, 3.8) is 0 Å². The SMILES string of the molecule is CC1(C)CN(Cc2ccccc2)CC(COC(=O)c2ccc(C3CCCCC3)cc2)O1. The second-order valence-electron chi connectivity index (χ2n) is 9.71. The summed E-state index contributed by atoms with van der Waals surface area (Å²) in [5, 5.41) is 0. The van der Waals surface area contributed by atoms with Crippen LogP contribution in [0.2, 0.25) is 0 Å². The number of nitrogens with zero attached hydrogens (tertiary/aromatic N) is 1. The van der Waals surface area contributed by atoms with Crippen LogP contribution in [0.4, 0.5) is 0 Å². The van der Waals surface area contributed by atoms with E-state index in [1.54, 1.807) is 0 Å². The third-order valence-corrected chi connectivity index (χ3v) is 6.42. The predicted octanol–water partition coefficient (Wildman–Crippen LogP) is 5.57. The molecule has 0 bridgehead atoms. The molecule has 0 aromatic heterocycles. The number of carbonyl (C=O) groups excluding carboxylic acids is 1. The van der Waals surface area contributed by atoms with Crippen LogP contribution < -0.4 is 0 Å². The molecule has 1 saturated heterocycles. The van der Waals surface area contributed by atoms with E-state index in [-0.39, 0.29) is 24.3 Å². The van der Waals surface area contributed by atoms with Gasteiger partial charge in [0.05, 0.1) is 11.2 Å². The average molecular weight is 422 g/mol. The summed E-state index contributed by atoms with van der Waals surface area (Å²) >= 11 is 0. The molecule has 0 radical (unpaired) electrons. The summed E-state index contributed by atoms with van der Waals surface area (Å²) in [6.07, 6.45) is 6.37. The van der Waals surface area contributed by atoms with E-state index in [0.29, 0.717) is 11.5 Å². The second-order valence-corrected chi connectivity index (χ2v) is 9.71. The van der Waals surface area contributed by atoms with Gasteiger partial charge in [0, 0.05) is 19.6 Å². The molecule has 0 amide bonds. The molecule has 4 rings (SSSR count). The summed E-state index contributed by atoms with van der Waals surface area (Å²) in [5.41, 5.74) is 2.99. The topological polar surface area (TPSA) is 38.8 Å². The monoisotopic (exact) mass is 421 g/mol. The quantitative estimate of drug-likeness (QED) is 0.572. The molecule has 2 aromatic carbocycles. The highest BCUT2D eigenvalue weighted by Gasteiger charge is 2.34. The van der Waals surface area contributed by atoms with E-state index in [1.807, 2.05) is 18.2 Å². The Morgan fingerprint density at radius 1 is 1.03 bits per heavy atom. The molecule has 2 aromatic rings. The van der Waals surface area contributed by atoms with Gasteiger partial charge in [-0.2, -0.15) is 0 Å². The minimum Gasteiger partial charge on any atom is -0.459 e. The van der Waals surface area contributed by atoms with Crippen LogP contribution in [0.15, 0.2) is 54.6 Å². The molecule has 2 aliphatic rings. The summed E-state index contributed by atoms with van der Waals surface area (Å²) < 4.78 is 11.9. The van der Waals surface area contributed by atoms with Gasteiger partial charge in [0.25, 0.3) is 0 Å². The highest BCUT2D eigenvalue weighted by Crippen LogP contribution is 2.32. The van der Waals surface area contributed by atoms with Crippen molar-refractivity contribution in [3.8, 4) is 0 Å². The highest BCUT2D eigenvalue weighted by molar-refractivity contribution is 5.89. The minimum atomic E-state index is -0.272. The van der Waals surface area contributed by atoms with Crippen LogP contribution >= 0.6 is 0 Å². The van der Waals surface area contributed by atoms with Crippen molar-refractivity contribution in [3.05, 3.63) is 71.3 Å². The van der Waals surface area contributed by atoms with E-state index in [9.17, 15) is 4.79 Å². The number of ether oxygens (including phenoxy) is 2. The Kier molecular flexibility index (Phi) is 7.09. The summed E-state index contributed by atoms with van der Waals surface area (Å²) in [4.78, 5) is 15.0. The summed E-state index contributed by atoms with van der Waals surface area (Å²) in [5.74, 6) is 0.379. The van der Waals surface area contributed by atoms with E-state index in [0.717, 1.165) is 19.6 Å². The van der Waals surface area contributed by atoms with E-state index >= 15 is 0 Å². The fourth-order valence-corrected chi connectivity index (χ4v) is 5.04. The molecule has 1 atom stereocenters. The molecular formula is C27H35NO3. The number of morpholine rings is 1. The van der Waals surface area contributed by atoms with Gasteiger partial charge in [-0.25, -0.2) is 4.79 Å². The third-order valence-electron chi connectivity index (χ3n) is 6.42. The molecule has 1 unspecified atom stereocenters. The van der Waals surface area contributed by atoms with E-state index < -0.39 is 0 Å². The molecule has 1 saturated carbocycles. The van der Waals surface area contributed by atoms with E-state index in [2.05, 4.69) is 55.1 Å². The van der Waals surface area contributed by atoms with Crippen LogP contribution in [-0.2, 0) is 16.0 Å². The fourth-order valence-electron chi connectivity index (χ4n) is 5.04. The van der Waals surface area contributed by atoms with E-state index in [4.69, 9.17) is 9.47 Å². The second kappa shape index (κ2) is 9.97. The van der Waals surface area contributed by atoms with Gasteiger partial charge >= 0.3 is 5.97 Å². The Bertz CT molecular complexity index is 841. The van der Waals surface area contributed by atoms with Crippen molar-refractivity contribution in [2.24, 2.45) is 0 Å². The van der Waals surface area contributed by atoms with Gasteiger partial charge < -0.3 is 9.47 Å². The Hall–Kier alpha value is -2.17. The molecule has 2 fully saturated rings. The van der Waals surface area contributed by atoms with Crippen molar-refractivity contribution < 1.29 is 14.3 Å². The summed E-state index contributed by atoms with van der Waals surface area (Å²) in [6, 6.07) is 18.5. The maximum absolute atomic E-state index is 12.6. The van der Waals surface area contributed by atoms with Gasteiger partial charge in [-0.15, -0.1) is 0 Å². The first-order valence-corrected chi connectivity index (χ1v) is 11.7. The standard InChI is InChI=1S/C27H35NO3/c1-27(2)20-28(17-21-9-5-3-6-10-21)18-25(31-27)19-30-26(29)24-15-13-23(14-16-24)22-11-7-4-8-12-22/h3,5-6,9-10,13-16,22,25H,4,7-8,11-12,17-20H2,1-2H3. The van der Waals surface area contributed by atoms with Gasteiger partial charge in [0.2, 0.25) is 0 Å².